The second-order valence-electron chi connectivity index (χ2n) is 17.0. The smallest absolute Gasteiger partial charge is 0.303 e. The summed E-state index contributed by atoms with van der Waals surface area (Å²) in [7, 11) is 0.190. The molecule has 2 amide bonds. The monoisotopic (exact) mass is 856 g/mol. The van der Waals surface area contributed by atoms with Crippen molar-refractivity contribution >= 4 is 55.7 Å². The molecule has 7 rings (SSSR count). The van der Waals surface area contributed by atoms with Crippen LogP contribution < -0.4 is 19.5 Å². The molecular weight excluding hydrogens is 801 g/mol. The van der Waals surface area contributed by atoms with Gasteiger partial charge in [0.05, 0.1) is 36.3 Å². The average Bonchev–Trinajstić information content (AvgIpc) is 3.49. The van der Waals surface area contributed by atoms with Gasteiger partial charge in [-0.25, -0.2) is 14.7 Å². The third-order valence-corrected chi connectivity index (χ3v) is 14.4. The lowest BCUT2D eigenvalue weighted by Crippen LogP contribution is -2.49. The van der Waals surface area contributed by atoms with Crippen molar-refractivity contribution < 1.29 is 32.3 Å². The molecule has 60 heavy (non-hydrogen) atoms. The number of ether oxygens (including phenoxy) is 2. The van der Waals surface area contributed by atoms with Gasteiger partial charge in [0.2, 0.25) is 11.8 Å². The summed E-state index contributed by atoms with van der Waals surface area (Å²) < 4.78 is 41.4. The lowest BCUT2D eigenvalue weighted by molar-refractivity contribution is -0.139. The number of carbonyl (C=O) groups is 3. The Hall–Kier alpha value is -4.86. The van der Waals surface area contributed by atoms with Gasteiger partial charge in [0.25, 0.3) is 0 Å². The number of fused-ring (bicyclic) bond motifs is 3. The largest absolute Gasteiger partial charge is 0.496 e. The quantitative estimate of drug-likeness (QED) is 0.155. The predicted molar refractivity (Wildman–Crippen MR) is 234 cm³/mol. The van der Waals surface area contributed by atoms with Gasteiger partial charge in [0, 0.05) is 55.0 Å². The topological polar surface area (TPSA) is 160 Å². The number of nitrogens with one attached hydrogen (secondary N) is 2. The average molecular weight is 857 g/mol. The molecule has 2 aromatic carbocycles. The number of methoxy groups -OCH3 is 1. The lowest BCUT2D eigenvalue weighted by atomic mass is 9.91. The first kappa shape index (κ1) is 43.2. The molecule has 0 spiro atoms. The van der Waals surface area contributed by atoms with E-state index in [1.54, 1.807) is 12.0 Å². The van der Waals surface area contributed by atoms with Crippen molar-refractivity contribution in [2.24, 2.45) is 11.3 Å². The Bertz CT molecular complexity index is 2400. The number of hydrogen-bond donors (Lipinski definition) is 2. The van der Waals surface area contributed by atoms with E-state index < -0.39 is 39.7 Å². The molecule has 0 unspecified atom stereocenters. The van der Waals surface area contributed by atoms with Gasteiger partial charge in [0.15, 0.2) is 5.78 Å². The van der Waals surface area contributed by atoms with E-state index in [0.29, 0.717) is 35.6 Å². The third kappa shape index (κ3) is 9.08. The maximum atomic E-state index is 14.9. The Labute approximate surface area is 357 Å². The highest BCUT2D eigenvalue weighted by Crippen LogP contribution is 2.57. The molecule has 1 saturated heterocycles. The standard InChI is InChI=1S/C45H56N6O7S2/c1-27(2)36-26-59-42(48-36)35-22-40(33-19-20-39(57-7)29(4)41(33)47-35)58-32-21-37-38(52)24-45(44(54)49-60(55,56)50(5)6)23-30(45)13-11-9-8-10-12-14-34(43(53)51(37)25-32)46-31-17-15-28(3)16-18-31/h11,13,15-20,22,26-27,30,32,34,37,46H,8-10,12,14,21,23-25H2,1-7H3,(H,49,54)/b13-11-/t30-,32-,34+,37+,45-/m1/s1. The van der Waals surface area contributed by atoms with E-state index in [9.17, 15) is 22.8 Å². The molecule has 2 aromatic heterocycles. The lowest BCUT2D eigenvalue weighted by Gasteiger charge is -2.30. The highest BCUT2D eigenvalue weighted by atomic mass is 32.2. The van der Waals surface area contributed by atoms with Crippen LogP contribution >= 0.6 is 11.3 Å². The summed E-state index contributed by atoms with van der Waals surface area (Å²) >= 11 is 1.51. The summed E-state index contributed by atoms with van der Waals surface area (Å²) in [6, 6.07) is 12.0. The van der Waals surface area contributed by atoms with E-state index in [1.807, 2.05) is 73.8 Å². The van der Waals surface area contributed by atoms with Crippen LogP contribution in [-0.2, 0) is 24.6 Å². The second-order valence-corrected chi connectivity index (χ2v) is 19.7. The van der Waals surface area contributed by atoms with Gasteiger partial charge in [-0.3, -0.25) is 14.4 Å². The van der Waals surface area contributed by atoms with Crippen LogP contribution in [-0.4, -0.2) is 91.1 Å². The molecule has 2 aliphatic heterocycles. The summed E-state index contributed by atoms with van der Waals surface area (Å²) in [4.78, 5) is 55.2. The Morgan fingerprint density at radius 2 is 1.80 bits per heavy atom. The molecule has 15 heteroatoms. The third-order valence-electron chi connectivity index (χ3n) is 12.1. The second kappa shape index (κ2) is 17.6. The van der Waals surface area contributed by atoms with E-state index in [0.717, 1.165) is 62.9 Å². The van der Waals surface area contributed by atoms with E-state index in [1.165, 1.54) is 25.4 Å². The fraction of sp³-hybridized carbons (Fsp3) is 0.489. The first-order chi connectivity index (χ1) is 28.6. The number of amides is 2. The van der Waals surface area contributed by atoms with Crippen LogP contribution in [0.2, 0.25) is 0 Å². The van der Waals surface area contributed by atoms with Crippen molar-refractivity contribution in [1.82, 2.24) is 23.9 Å². The van der Waals surface area contributed by atoms with Crippen LogP contribution in [0.4, 0.5) is 5.69 Å². The fourth-order valence-electron chi connectivity index (χ4n) is 8.31. The van der Waals surface area contributed by atoms with Crippen molar-refractivity contribution in [2.75, 3.05) is 33.1 Å². The van der Waals surface area contributed by atoms with Crippen molar-refractivity contribution in [1.29, 1.82) is 0 Å². The van der Waals surface area contributed by atoms with E-state index >= 15 is 0 Å². The number of carbonyl (C=O) groups excluding carboxylic acids is 3. The van der Waals surface area contributed by atoms with Crippen molar-refractivity contribution in [3.63, 3.8) is 0 Å². The number of ketones is 1. The summed E-state index contributed by atoms with van der Waals surface area (Å²) in [6.45, 7) is 8.27. The van der Waals surface area contributed by atoms with Crippen molar-refractivity contribution in [3.05, 3.63) is 76.8 Å². The molecule has 1 aliphatic carbocycles. The van der Waals surface area contributed by atoms with Gasteiger partial charge >= 0.3 is 10.2 Å². The van der Waals surface area contributed by atoms with Crippen LogP contribution in [0.1, 0.15) is 88.0 Å². The molecule has 3 aliphatic rings. The van der Waals surface area contributed by atoms with Gasteiger partial charge < -0.3 is 19.7 Å². The maximum absolute atomic E-state index is 14.9. The predicted octanol–water partition coefficient (Wildman–Crippen LogP) is 7.34. The number of thiazole rings is 1. The number of aryl methyl sites for hydroxylation is 2. The van der Waals surface area contributed by atoms with Gasteiger partial charge in [-0.1, -0.05) is 56.5 Å². The minimum absolute atomic E-state index is 0.127. The highest BCUT2D eigenvalue weighted by molar-refractivity contribution is 7.87. The maximum Gasteiger partial charge on any atom is 0.303 e. The summed E-state index contributed by atoms with van der Waals surface area (Å²) in [5, 5.41) is 7.01. The fourth-order valence-corrected chi connectivity index (χ4v) is 9.87. The van der Waals surface area contributed by atoms with Crippen molar-refractivity contribution in [2.45, 2.75) is 103 Å². The number of allylic oxidation sites excluding steroid dienone is 2. The first-order valence-electron chi connectivity index (χ1n) is 20.8. The highest BCUT2D eigenvalue weighted by Gasteiger charge is 2.61. The number of aromatic nitrogens is 2. The number of Topliss-reactive ketones (excluding diaryl/α,β-unsaturated/α-hetero) is 1. The normalized spacial score (nSPS) is 24.4. The van der Waals surface area contributed by atoms with Crippen LogP contribution in [0.15, 0.2) is 60.0 Å². The molecule has 1 saturated carbocycles. The molecule has 13 nitrogen and oxygen atoms in total. The van der Waals surface area contributed by atoms with E-state index in [-0.39, 0.29) is 42.9 Å². The molecule has 4 heterocycles. The zero-order chi connectivity index (χ0) is 42.9. The van der Waals surface area contributed by atoms with E-state index in [2.05, 4.69) is 23.9 Å². The minimum atomic E-state index is -4.11. The Balaban J connectivity index is 1.26. The van der Waals surface area contributed by atoms with Crippen molar-refractivity contribution in [3.8, 4) is 22.2 Å². The Morgan fingerprint density at radius 1 is 1.03 bits per heavy atom. The summed E-state index contributed by atoms with van der Waals surface area (Å²) in [5.74, 6) is -0.102. The first-order valence-corrected chi connectivity index (χ1v) is 23.1. The van der Waals surface area contributed by atoms with Crippen LogP contribution in [0, 0.1) is 25.2 Å². The van der Waals surface area contributed by atoms with Gasteiger partial charge in [0.1, 0.15) is 34.3 Å². The molecule has 4 aromatic rings. The van der Waals surface area contributed by atoms with Gasteiger partial charge in [-0.15, -0.1) is 11.3 Å². The summed E-state index contributed by atoms with van der Waals surface area (Å²) in [6.07, 6.45) is 7.56. The number of nitrogens with zero attached hydrogens (tertiary/aromatic N) is 4. The van der Waals surface area contributed by atoms with Crippen LogP contribution in [0.3, 0.4) is 0 Å². The minimum Gasteiger partial charge on any atom is -0.496 e. The zero-order valence-corrected chi connectivity index (χ0v) is 37.1. The number of anilines is 1. The Morgan fingerprint density at radius 3 is 2.50 bits per heavy atom. The molecule has 320 valence electrons. The number of rotatable bonds is 10. The zero-order valence-electron chi connectivity index (χ0n) is 35.5. The number of pyridine rings is 1. The number of hydrogen-bond acceptors (Lipinski definition) is 11. The molecule has 0 bridgehead atoms. The Kier molecular flexibility index (Phi) is 12.7. The van der Waals surface area contributed by atoms with Gasteiger partial charge in [-0.2, -0.15) is 12.7 Å². The molecule has 5 atom stereocenters. The molecule has 2 fully saturated rings. The van der Waals surface area contributed by atoms with Crippen LogP contribution in [0.25, 0.3) is 21.6 Å². The molecule has 0 radical (unpaired) electrons. The molecular formula is C45H56N6O7S2. The van der Waals surface area contributed by atoms with E-state index in [4.69, 9.17) is 19.4 Å². The van der Waals surface area contributed by atoms with Gasteiger partial charge in [-0.05, 0) is 75.6 Å². The van der Waals surface area contributed by atoms with Crippen LogP contribution in [0.5, 0.6) is 11.5 Å². The number of benzene rings is 2. The SMILES string of the molecule is COc1ccc2c(O[C@@H]3C[C@H]4C(=O)C[C@]5(C(=O)NS(=O)(=O)N(C)C)C[C@H]5/C=C\CCCCC[C@H](Nc5ccc(C)cc5)C(=O)N4C3)cc(-c3nc(C(C)C)cs3)nc2c1C. The molecule has 2 N–H and O–H groups in total. The summed E-state index contributed by atoms with van der Waals surface area (Å²) in [5.41, 5.74) is 3.77.